The first-order chi connectivity index (χ1) is 5.32. The third-order valence-corrected chi connectivity index (χ3v) is 5.62. The third kappa shape index (κ3) is 0.784. The molecule has 0 aromatic carbocycles. The second-order valence-corrected chi connectivity index (χ2v) is 6.98. The van der Waals surface area contributed by atoms with Gasteiger partial charge in [-0.3, -0.25) is 0 Å². The lowest BCUT2D eigenvalue weighted by Gasteiger charge is -2.43. The van der Waals surface area contributed by atoms with Crippen LogP contribution in [0, 0.1) is 10.8 Å². The molecule has 2 aliphatic rings. The Balaban J connectivity index is 2.44. The van der Waals surface area contributed by atoms with Gasteiger partial charge in [0, 0.05) is 0 Å². The summed E-state index contributed by atoms with van der Waals surface area (Å²) < 4.78 is 0.0330. The van der Waals surface area contributed by atoms with E-state index in [4.69, 9.17) is 0 Å². The number of rotatable bonds is 0. The number of aliphatic hydroxyl groups excluding tert-OH is 1. The minimum Gasteiger partial charge on any atom is -0.391 e. The molecule has 0 aromatic heterocycles. The summed E-state index contributed by atoms with van der Waals surface area (Å²) in [6, 6.07) is 0. The van der Waals surface area contributed by atoms with Crippen LogP contribution in [-0.2, 0) is 0 Å². The number of fused-ring (bicyclic) bond motifs is 2. The molecule has 0 saturated heterocycles. The fourth-order valence-corrected chi connectivity index (χ4v) is 4.46. The van der Waals surface area contributed by atoms with E-state index in [0.29, 0.717) is 5.41 Å². The van der Waals surface area contributed by atoms with Crippen LogP contribution in [0.4, 0.5) is 0 Å². The van der Waals surface area contributed by atoms with Crippen molar-refractivity contribution in [2.45, 2.75) is 50.5 Å². The van der Waals surface area contributed by atoms with E-state index in [9.17, 15) is 5.11 Å². The summed E-state index contributed by atoms with van der Waals surface area (Å²) in [5, 5.41) is 10.1. The minimum absolute atomic E-state index is 0.0330. The van der Waals surface area contributed by atoms with Crippen molar-refractivity contribution in [3.05, 3.63) is 0 Å². The molecule has 70 valence electrons. The van der Waals surface area contributed by atoms with Gasteiger partial charge in [-0.15, -0.1) is 0 Å². The molecule has 1 N–H and O–H groups in total. The van der Waals surface area contributed by atoms with Crippen LogP contribution >= 0.6 is 15.9 Å². The van der Waals surface area contributed by atoms with Crippen LogP contribution in [0.2, 0.25) is 0 Å². The van der Waals surface area contributed by atoms with Crippen molar-refractivity contribution in [1.82, 2.24) is 0 Å². The summed E-state index contributed by atoms with van der Waals surface area (Å²) in [7, 11) is 0. The lowest BCUT2D eigenvalue weighted by molar-refractivity contribution is -0.0218. The number of hydrogen-bond acceptors (Lipinski definition) is 1. The second-order valence-electron chi connectivity index (χ2n) is 5.40. The maximum absolute atomic E-state index is 10.1. The summed E-state index contributed by atoms with van der Waals surface area (Å²) in [4.78, 5) is 0. The maximum atomic E-state index is 10.1. The lowest BCUT2D eigenvalue weighted by Crippen LogP contribution is -2.45. The Morgan fingerprint density at radius 1 is 1.25 bits per heavy atom. The molecule has 2 rings (SSSR count). The molecule has 2 saturated carbocycles. The predicted molar refractivity (Wildman–Crippen MR) is 53.4 cm³/mol. The van der Waals surface area contributed by atoms with Gasteiger partial charge in [0.15, 0.2) is 0 Å². The van der Waals surface area contributed by atoms with Gasteiger partial charge in [0.1, 0.15) is 0 Å². The average molecular weight is 233 g/mol. The van der Waals surface area contributed by atoms with Crippen LogP contribution in [0.3, 0.4) is 0 Å². The molecule has 0 radical (unpaired) electrons. The molecule has 0 amide bonds. The number of hydrogen-bond donors (Lipinski definition) is 1. The summed E-state index contributed by atoms with van der Waals surface area (Å²) >= 11 is 3.71. The highest BCUT2D eigenvalue weighted by Crippen LogP contribution is 2.68. The van der Waals surface area contributed by atoms with Crippen LogP contribution in [0.5, 0.6) is 0 Å². The van der Waals surface area contributed by atoms with Gasteiger partial charge >= 0.3 is 0 Å². The Hall–Kier alpha value is 0.440. The molecule has 0 unspecified atom stereocenters. The Labute approximate surface area is 82.7 Å². The van der Waals surface area contributed by atoms with Gasteiger partial charge in [-0.1, -0.05) is 36.7 Å². The number of alkyl halides is 1. The third-order valence-electron chi connectivity index (χ3n) is 4.51. The van der Waals surface area contributed by atoms with E-state index in [1.807, 2.05) is 0 Å². The van der Waals surface area contributed by atoms with Crippen LogP contribution in [0.25, 0.3) is 0 Å². The summed E-state index contributed by atoms with van der Waals surface area (Å²) in [6.45, 7) is 6.70. The summed E-state index contributed by atoms with van der Waals surface area (Å²) in [6.07, 6.45) is 3.34. The Kier molecular flexibility index (Phi) is 1.57. The predicted octanol–water partition coefficient (Wildman–Crippen LogP) is 2.71. The molecule has 1 nitrogen and oxygen atoms in total. The normalized spacial score (nSPS) is 56.2. The van der Waals surface area contributed by atoms with E-state index in [0.717, 1.165) is 12.8 Å². The standard InChI is InChI=1S/C10H17BrO/c1-8(2)7(12)10(11)5-4-9(8,3)6-10/h7,12H,4-6H2,1-3H3/t7-,9+,10-/m0/s1. The van der Waals surface area contributed by atoms with E-state index in [1.165, 1.54) is 6.42 Å². The smallest absolute Gasteiger partial charge is 0.0749 e. The molecule has 2 heteroatoms. The SMILES string of the molecule is CC1(C)[C@H](O)[C@]2(Br)CC[C@]1(C)C2. The zero-order valence-corrected chi connectivity index (χ0v) is 9.61. The first-order valence-electron chi connectivity index (χ1n) is 4.69. The van der Waals surface area contributed by atoms with Gasteiger partial charge in [0.05, 0.1) is 10.4 Å². The summed E-state index contributed by atoms with van der Waals surface area (Å²) in [5.74, 6) is 0. The van der Waals surface area contributed by atoms with Crippen molar-refractivity contribution in [2.24, 2.45) is 10.8 Å². The second kappa shape index (κ2) is 2.09. The Morgan fingerprint density at radius 2 is 1.83 bits per heavy atom. The van der Waals surface area contributed by atoms with Gasteiger partial charge in [0.25, 0.3) is 0 Å². The van der Waals surface area contributed by atoms with Crippen molar-refractivity contribution in [3.8, 4) is 0 Å². The number of halogens is 1. The van der Waals surface area contributed by atoms with Crippen LogP contribution in [0.1, 0.15) is 40.0 Å². The molecular formula is C10H17BrO. The first-order valence-corrected chi connectivity index (χ1v) is 5.48. The molecule has 0 aliphatic heterocycles. The van der Waals surface area contributed by atoms with Crippen molar-refractivity contribution in [1.29, 1.82) is 0 Å². The molecule has 2 bridgehead atoms. The van der Waals surface area contributed by atoms with Crippen molar-refractivity contribution >= 4 is 15.9 Å². The van der Waals surface area contributed by atoms with E-state index < -0.39 is 0 Å². The van der Waals surface area contributed by atoms with E-state index in [-0.39, 0.29) is 15.8 Å². The topological polar surface area (TPSA) is 20.2 Å². The van der Waals surface area contributed by atoms with Crippen molar-refractivity contribution in [2.75, 3.05) is 0 Å². The zero-order chi connectivity index (χ0) is 9.20. The van der Waals surface area contributed by atoms with E-state index in [2.05, 4.69) is 36.7 Å². The van der Waals surface area contributed by atoms with Gasteiger partial charge < -0.3 is 5.11 Å². The minimum atomic E-state index is -0.177. The lowest BCUT2D eigenvalue weighted by atomic mass is 9.65. The van der Waals surface area contributed by atoms with Crippen molar-refractivity contribution in [3.63, 3.8) is 0 Å². The van der Waals surface area contributed by atoms with E-state index in [1.54, 1.807) is 0 Å². The Bertz CT molecular complexity index is 223. The van der Waals surface area contributed by atoms with Gasteiger partial charge in [-0.05, 0) is 30.1 Å². The van der Waals surface area contributed by atoms with E-state index >= 15 is 0 Å². The molecule has 0 heterocycles. The highest BCUT2D eigenvalue weighted by atomic mass is 79.9. The Morgan fingerprint density at radius 3 is 2.08 bits per heavy atom. The fourth-order valence-electron chi connectivity index (χ4n) is 3.07. The quantitative estimate of drug-likeness (QED) is 0.638. The fraction of sp³-hybridized carbons (Fsp3) is 1.00. The van der Waals surface area contributed by atoms with Crippen LogP contribution in [0.15, 0.2) is 0 Å². The molecule has 12 heavy (non-hydrogen) atoms. The monoisotopic (exact) mass is 232 g/mol. The molecule has 2 fully saturated rings. The van der Waals surface area contributed by atoms with Crippen molar-refractivity contribution < 1.29 is 5.11 Å². The molecule has 3 atom stereocenters. The molecule has 0 spiro atoms. The van der Waals surface area contributed by atoms with Gasteiger partial charge in [0.2, 0.25) is 0 Å². The maximum Gasteiger partial charge on any atom is 0.0749 e. The van der Waals surface area contributed by atoms with Gasteiger partial charge in [-0.25, -0.2) is 0 Å². The molecular weight excluding hydrogens is 216 g/mol. The highest BCUT2D eigenvalue weighted by molar-refractivity contribution is 9.10. The van der Waals surface area contributed by atoms with Gasteiger partial charge in [-0.2, -0.15) is 0 Å². The molecule has 2 aliphatic carbocycles. The summed E-state index contributed by atoms with van der Waals surface area (Å²) in [5.41, 5.74) is 0.421. The molecule has 0 aromatic rings. The number of aliphatic hydroxyl groups is 1. The largest absolute Gasteiger partial charge is 0.391 e. The van der Waals surface area contributed by atoms with Crippen LogP contribution < -0.4 is 0 Å². The first kappa shape index (κ1) is 9.01. The van der Waals surface area contributed by atoms with Crippen LogP contribution in [-0.4, -0.2) is 15.5 Å². The highest BCUT2D eigenvalue weighted by Gasteiger charge is 2.66. The average Bonchev–Trinajstić information content (AvgIpc) is 2.32. The zero-order valence-electron chi connectivity index (χ0n) is 8.02.